The fourth-order valence-corrected chi connectivity index (χ4v) is 2.25. The summed E-state index contributed by atoms with van der Waals surface area (Å²) >= 11 is 0. The minimum atomic E-state index is 0.523. The number of aliphatic imine (C=N–C) groups is 1. The Labute approximate surface area is 110 Å². The molecule has 3 heteroatoms. The Morgan fingerprint density at radius 3 is 2.79 bits per heavy atom. The highest BCUT2D eigenvalue weighted by atomic mass is 16.5. The van der Waals surface area contributed by atoms with Crippen LogP contribution in [0.2, 0.25) is 0 Å². The Morgan fingerprint density at radius 1 is 0.947 bits per heavy atom. The molecule has 0 unspecified atom stereocenters. The number of para-hydroxylation sites is 2. The van der Waals surface area contributed by atoms with Crippen LogP contribution >= 0.6 is 0 Å². The second-order valence-electron chi connectivity index (χ2n) is 4.64. The van der Waals surface area contributed by atoms with Crippen molar-refractivity contribution in [2.75, 3.05) is 0 Å². The fraction of sp³-hybridized carbons (Fsp3) is 0.0625. The SMILES string of the molecule is Cc1ccc2c(c1)C=C1Oc3ccccc3N=C1O2. The minimum absolute atomic E-state index is 0.523. The van der Waals surface area contributed by atoms with Crippen LogP contribution in [0.5, 0.6) is 11.5 Å². The van der Waals surface area contributed by atoms with E-state index in [4.69, 9.17) is 9.47 Å². The molecular weight excluding hydrogens is 238 g/mol. The zero-order valence-electron chi connectivity index (χ0n) is 10.4. The highest BCUT2D eigenvalue weighted by Crippen LogP contribution is 2.37. The van der Waals surface area contributed by atoms with Crippen LogP contribution in [-0.2, 0) is 0 Å². The van der Waals surface area contributed by atoms with Gasteiger partial charge in [0.05, 0.1) is 0 Å². The molecular formula is C16H11NO2. The Morgan fingerprint density at radius 2 is 1.84 bits per heavy atom. The molecule has 0 fully saturated rings. The Kier molecular flexibility index (Phi) is 2.03. The topological polar surface area (TPSA) is 30.8 Å². The number of nitrogens with zero attached hydrogens (tertiary/aromatic N) is 1. The molecule has 92 valence electrons. The van der Waals surface area contributed by atoms with Crippen molar-refractivity contribution in [2.45, 2.75) is 6.92 Å². The first kappa shape index (κ1) is 10.4. The van der Waals surface area contributed by atoms with E-state index in [-0.39, 0.29) is 0 Å². The van der Waals surface area contributed by atoms with Gasteiger partial charge in [-0.3, -0.25) is 0 Å². The van der Waals surface area contributed by atoms with Crippen molar-refractivity contribution in [2.24, 2.45) is 4.99 Å². The van der Waals surface area contributed by atoms with E-state index in [2.05, 4.69) is 18.0 Å². The number of fused-ring (bicyclic) bond motifs is 3. The van der Waals surface area contributed by atoms with Gasteiger partial charge in [-0.1, -0.05) is 23.8 Å². The lowest BCUT2D eigenvalue weighted by Gasteiger charge is -2.23. The van der Waals surface area contributed by atoms with E-state index >= 15 is 0 Å². The van der Waals surface area contributed by atoms with Crippen LogP contribution in [0.25, 0.3) is 6.08 Å². The van der Waals surface area contributed by atoms with E-state index in [1.807, 2.05) is 42.5 Å². The third kappa shape index (κ3) is 1.63. The number of hydrogen-bond donors (Lipinski definition) is 0. The van der Waals surface area contributed by atoms with E-state index in [1.54, 1.807) is 0 Å². The van der Waals surface area contributed by atoms with Gasteiger partial charge in [0.15, 0.2) is 11.5 Å². The lowest BCUT2D eigenvalue weighted by atomic mass is 10.1. The largest absolute Gasteiger partial charge is 0.449 e. The predicted octanol–water partition coefficient (Wildman–Crippen LogP) is 3.85. The zero-order chi connectivity index (χ0) is 12.8. The number of rotatable bonds is 0. The summed E-state index contributed by atoms with van der Waals surface area (Å²) in [5, 5.41) is 0. The van der Waals surface area contributed by atoms with Gasteiger partial charge in [-0.2, -0.15) is 0 Å². The molecule has 2 heterocycles. The third-order valence-electron chi connectivity index (χ3n) is 3.18. The van der Waals surface area contributed by atoms with Crippen LogP contribution in [-0.4, -0.2) is 5.90 Å². The normalized spacial score (nSPS) is 15.0. The van der Waals surface area contributed by atoms with E-state index in [1.165, 1.54) is 5.56 Å². The van der Waals surface area contributed by atoms with Gasteiger partial charge in [-0.05, 0) is 37.3 Å². The third-order valence-corrected chi connectivity index (χ3v) is 3.18. The first-order valence-electron chi connectivity index (χ1n) is 6.16. The second kappa shape index (κ2) is 3.72. The summed E-state index contributed by atoms with van der Waals surface area (Å²) in [6, 6.07) is 13.7. The minimum Gasteiger partial charge on any atom is -0.449 e. The quantitative estimate of drug-likeness (QED) is 0.710. The van der Waals surface area contributed by atoms with E-state index in [0.717, 1.165) is 22.7 Å². The van der Waals surface area contributed by atoms with E-state index < -0.39 is 0 Å². The summed E-state index contributed by atoms with van der Waals surface area (Å²) in [6.07, 6.45) is 1.97. The van der Waals surface area contributed by atoms with Gasteiger partial charge in [-0.25, -0.2) is 4.99 Å². The molecule has 0 amide bonds. The lowest BCUT2D eigenvalue weighted by molar-refractivity contribution is 0.413. The van der Waals surface area contributed by atoms with Crippen LogP contribution in [0.4, 0.5) is 5.69 Å². The number of ether oxygens (including phenoxy) is 2. The van der Waals surface area contributed by atoms with Crippen molar-refractivity contribution in [1.29, 1.82) is 0 Å². The summed E-state index contributed by atoms with van der Waals surface area (Å²) in [6.45, 7) is 2.05. The molecule has 0 aromatic heterocycles. The maximum Gasteiger partial charge on any atom is 0.263 e. The molecule has 0 N–H and O–H groups in total. The van der Waals surface area contributed by atoms with Gasteiger partial charge < -0.3 is 9.47 Å². The van der Waals surface area contributed by atoms with Crippen LogP contribution in [0, 0.1) is 6.92 Å². The number of hydrogen-bond acceptors (Lipinski definition) is 3. The summed E-state index contributed by atoms with van der Waals surface area (Å²) in [5.41, 5.74) is 3.01. The van der Waals surface area contributed by atoms with Crippen molar-refractivity contribution in [3.05, 3.63) is 59.4 Å². The summed E-state index contributed by atoms with van der Waals surface area (Å²) in [4.78, 5) is 4.49. The van der Waals surface area contributed by atoms with E-state index in [9.17, 15) is 0 Å². The van der Waals surface area contributed by atoms with Gasteiger partial charge in [0.1, 0.15) is 11.4 Å². The van der Waals surface area contributed by atoms with Gasteiger partial charge in [0, 0.05) is 5.56 Å². The molecule has 0 saturated heterocycles. The van der Waals surface area contributed by atoms with Crippen LogP contribution in [0.15, 0.2) is 53.2 Å². The molecule has 0 aliphatic carbocycles. The first-order valence-corrected chi connectivity index (χ1v) is 6.16. The Balaban J connectivity index is 1.86. The van der Waals surface area contributed by atoms with Gasteiger partial charge in [0.25, 0.3) is 5.90 Å². The molecule has 0 radical (unpaired) electrons. The maximum absolute atomic E-state index is 5.84. The molecule has 2 aliphatic rings. The standard InChI is InChI=1S/C16H11NO2/c1-10-6-7-13-11(8-10)9-15-16(19-13)17-12-4-2-3-5-14(12)18-15/h2-9H,1H3. The molecule has 0 spiro atoms. The van der Waals surface area contributed by atoms with Gasteiger partial charge in [-0.15, -0.1) is 0 Å². The molecule has 4 rings (SSSR count). The summed E-state index contributed by atoms with van der Waals surface area (Å²) < 4.78 is 11.6. The summed E-state index contributed by atoms with van der Waals surface area (Å²) in [5.74, 6) is 2.76. The van der Waals surface area contributed by atoms with Crippen molar-refractivity contribution < 1.29 is 9.47 Å². The van der Waals surface area contributed by atoms with Crippen molar-refractivity contribution in [3.63, 3.8) is 0 Å². The molecule has 19 heavy (non-hydrogen) atoms. The molecule has 0 saturated carbocycles. The van der Waals surface area contributed by atoms with Gasteiger partial charge in [0.2, 0.25) is 0 Å². The molecule has 2 aromatic rings. The predicted molar refractivity (Wildman–Crippen MR) is 73.9 cm³/mol. The van der Waals surface area contributed by atoms with Crippen LogP contribution < -0.4 is 9.47 Å². The molecule has 0 atom stereocenters. The Bertz CT molecular complexity index is 744. The van der Waals surface area contributed by atoms with Gasteiger partial charge >= 0.3 is 0 Å². The molecule has 2 aromatic carbocycles. The highest BCUT2D eigenvalue weighted by Gasteiger charge is 2.25. The molecule has 3 nitrogen and oxygen atoms in total. The monoisotopic (exact) mass is 249 g/mol. The average Bonchev–Trinajstić information content (AvgIpc) is 2.43. The fourth-order valence-electron chi connectivity index (χ4n) is 2.25. The van der Waals surface area contributed by atoms with Crippen molar-refractivity contribution in [3.8, 4) is 11.5 Å². The second-order valence-corrected chi connectivity index (χ2v) is 4.64. The highest BCUT2D eigenvalue weighted by molar-refractivity contribution is 6.03. The zero-order valence-corrected chi connectivity index (χ0v) is 10.4. The number of aryl methyl sites for hydroxylation is 1. The smallest absolute Gasteiger partial charge is 0.263 e. The first-order chi connectivity index (χ1) is 9.29. The number of benzene rings is 2. The van der Waals surface area contributed by atoms with E-state index in [0.29, 0.717) is 11.7 Å². The lowest BCUT2D eigenvalue weighted by Crippen LogP contribution is -2.22. The Hall–Kier alpha value is -2.55. The molecule has 0 bridgehead atoms. The average molecular weight is 249 g/mol. The molecule has 2 aliphatic heterocycles. The van der Waals surface area contributed by atoms with Crippen molar-refractivity contribution in [1.82, 2.24) is 0 Å². The summed E-state index contributed by atoms with van der Waals surface area (Å²) in [7, 11) is 0. The van der Waals surface area contributed by atoms with Crippen LogP contribution in [0.3, 0.4) is 0 Å². The maximum atomic E-state index is 5.84. The van der Waals surface area contributed by atoms with Crippen molar-refractivity contribution >= 4 is 17.7 Å². The van der Waals surface area contributed by atoms with Crippen LogP contribution in [0.1, 0.15) is 11.1 Å².